The van der Waals surface area contributed by atoms with Gasteiger partial charge in [-0.2, -0.15) is 43.0 Å². The summed E-state index contributed by atoms with van der Waals surface area (Å²) < 4.78 is 209. The first-order chi connectivity index (χ1) is 26.1. The highest BCUT2D eigenvalue weighted by Crippen LogP contribution is 2.46. The third kappa shape index (κ3) is 6.00. The van der Waals surface area contributed by atoms with Crippen LogP contribution in [0.4, 0.5) is 61.5 Å². The van der Waals surface area contributed by atoms with E-state index in [2.05, 4.69) is 24.0 Å². The Morgan fingerprint density at radius 2 is 0.929 bits per heavy atom. The van der Waals surface area contributed by atoms with Gasteiger partial charge in [-0.1, -0.05) is 0 Å². The number of nitriles is 3. The van der Waals surface area contributed by atoms with E-state index in [1.807, 2.05) is 0 Å². The predicted molar refractivity (Wildman–Crippen MR) is 155 cm³/mol. The highest BCUT2D eigenvalue weighted by atomic mass is 19.4. The van der Waals surface area contributed by atoms with Crippen molar-refractivity contribution in [3.8, 4) is 52.0 Å². The molecule has 0 N–H and O–H groups in total. The van der Waals surface area contributed by atoms with Gasteiger partial charge in [0.25, 0.3) is 0 Å². The number of alkyl halides is 6. The number of ether oxygens (including phenoxy) is 2. The summed E-state index contributed by atoms with van der Waals surface area (Å²) in [6.45, 7) is 22.5. The normalized spacial score (nSPS) is 13.1. The Morgan fingerprint density at radius 1 is 0.554 bits per heavy atom. The highest BCUT2D eigenvalue weighted by molar-refractivity contribution is 5.96. The van der Waals surface area contributed by atoms with E-state index in [4.69, 9.17) is 19.7 Å². The molecule has 0 heterocycles. The fourth-order valence-corrected chi connectivity index (χ4v) is 6.16. The van der Waals surface area contributed by atoms with Gasteiger partial charge in [0, 0.05) is 17.2 Å². The van der Waals surface area contributed by atoms with E-state index in [0.717, 1.165) is 0 Å². The second-order valence-electron chi connectivity index (χ2n) is 10.9. The summed E-state index contributed by atoms with van der Waals surface area (Å²) in [7, 11) is 0. The first-order valence-corrected chi connectivity index (χ1v) is 14.1. The van der Waals surface area contributed by atoms with Gasteiger partial charge in [-0.25, -0.2) is 22.4 Å². The van der Waals surface area contributed by atoms with Crippen molar-refractivity contribution in [3.63, 3.8) is 0 Å². The third-order valence-corrected chi connectivity index (χ3v) is 8.10. The molecule has 0 aliphatic heterocycles. The van der Waals surface area contributed by atoms with Gasteiger partial charge in [0.15, 0.2) is 29.0 Å². The van der Waals surface area contributed by atoms with E-state index in [1.54, 1.807) is 0 Å². The van der Waals surface area contributed by atoms with Gasteiger partial charge in [0.1, 0.15) is 36.9 Å². The summed E-state index contributed by atoms with van der Waals surface area (Å²) in [5.41, 5.74) is -13.9. The fraction of sp³-hybridized carbons (Fsp3) is 0.118. The fourth-order valence-electron chi connectivity index (χ4n) is 6.16. The average Bonchev–Trinajstić information content (AvgIpc) is 3.70. The number of benzene rings is 3. The van der Waals surface area contributed by atoms with Gasteiger partial charge in [-0.3, -0.25) is 0 Å². The first-order valence-electron chi connectivity index (χ1n) is 14.1. The summed E-state index contributed by atoms with van der Waals surface area (Å²) in [5, 5.41) is 27.1. The van der Waals surface area contributed by atoms with Gasteiger partial charge in [-0.15, -0.1) is 26.3 Å². The standard InChI is InChI=1S/C34H4F14N6O2/c1-52-29-13(32(53-2)54-3)5-12-16(19-21(35)25(39)30(26(40)22(19)36)55-33(43,44)45)15-11(4-10(14(15)8-51)9(6-49)7-50)17(18(12)29)20-23(37)27(41)31(28(42)24(20)38)56-34(46,47)48/h4-5H2. The van der Waals surface area contributed by atoms with E-state index in [9.17, 15) is 42.1 Å². The Morgan fingerprint density at radius 3 is 1.27 bits per heavy atom. The summed E-state index contributed by atoms with van der Waals surface area (Å²) in [5.74, 6) is -29.0. The topological polar surface area (TPSA) is 103 Å². The van der Waals surface area contributed by atoms with Crippen molar-refractivity contribution in [2.75, 3.05) is 0 Å². The van der Waals surface area contributed by atoms with Crippen LogP contribution in [-0.4, -0.2) is 12.7 Å². The molecule has 22 heteroatoms. The van der Waals surface area contributed by atoms with Crippen LogP contribution >= 0.6 is 0 Å². The van der Waals surface area contributed by atoms with Crippen LogP contribution in [0.1, 0.15) is 11.1 Å². The zero-order valence-electron chi connectivity index (χ0n) is 26.2. The monoisotopic (exact) mass is 794 g/mol. The van der Waals surface area contributed by atoms with Crippen molar-refractivity contribution < 1.29 is 70.9 Å². The zero-order valence-corrected chi connectivity index (χ0v) is 26.2. The maximum absolute atomic E-state index is 16.0. The van der Waals surface area contributed by atoms with E-state index >= 15 is 35.1 Å². The lowest BCUT2D eigenvalue weighted by Crippen LogP contribution is -2.27. The Balaban J connectivity index is 2.23. The van der Waals surface area contributed by atoms with Crippen LogP contribution in [0.5, 0.6) is 11.5 Å². The van der Waals surface area contributed by atoms with Crippen LogP contribution in [-0.2, 0) is 12.8 Å². The molecule has 0 bridgehead atoms. The molecular weight excluding hydrogens is 790 g/mol. The van der Waals surface area contributed by atoms with Crippen LogP contribution < -0.4 is 19.9 Å². The van der Waals surface area contributed by atoms with E-state index < -0.39 is 161 Å². The summed E-state index contributed by atoms with van der Waals surface area (Å²) in [4.78, 5) is 8.75. The van der Waals surface area contributed by atoms with Crippen molar-refractivity contribution in [2.24, 2.45) is 0 Å². The second kappa shape index (κ2) is 13.7. The summed E-state index contributed by atoms with van der Waals surface area (Å²) in [6, 6.07) is 3.98. The van der Waals surface area contributed by atoms with Gasteiger partial charge >= 0.3 is 18.5 Å². The molecule has 3 aromatic rings. The third-order valence-electron chi connectivity index (χ3n) is 8.10. The van der Waals surface area contributed by atoms with Crippen molar-refractivity contribution >= 4 is 11.3 Å². The molecule has 0 radical (unpaired) electrons. The van der Waals surface area contributed by atoms with Gasteiger partial charge in [0.05, 0.1) is 28.8 Å². The van der Waals surface area contributed by atoms with Crippen LogP contribution in [0, 0.1) is 100 Å². The lowest BCUT2D eigenvalue weighted by molar-refractivity contribution is -0.277. The second-order valence-corrected chi connectivity index (χ2v) is 10.9. The van der Waals surface area contributed by atoms with Gasteiger partial charge < -0.3 is 9.47 Å². The Bertz CT molecular complexity index is 2550. The lowest BCUT2D eigenvalue weighted by atomic mass is 9.85. The maximum Gasteiger partial charge on any atom is 0.573 e. The van der Waals surface area contributed by atoms with Crippen molar-refractivity contribution in [3.05, 3.63) is 125 Å². The molecule has 0 fully saturated rings. The molecule has 2 aliphatic carbocycles. The van der Waals surface area contributed by atoms with E-state index in [1.165, 1.54) is 18.2 Å². The van der Waals surface area contributed by atoms with Gasteiger partial charge in [-0.05, 0) is 33.9 Å². The Labute approximate surface area is 300 Å². The van der Waals surface area contributed by atoms with Crippen LogP contribution in [0.3, 0.4) is 0 Å². The molecule has 0 aromatic heterocycles. The minimum atomic E-state index is -5.98. The lowest BCUT2D eigenvalue weighted by Gasteiger charge is -2.20. The molecule has 0 saturated carbocycles. The molecule has 0 unspecified atom stereocenters. The number of nitrogens with zero attached hydrogens (tertiary/aromatic N) is 6. The predicted octanol–water partition coefficient (Wildman–Crippen LogP) is 8.14. The van der Waals surface area contributed by atoms with Crippen molar-refractivity contribution in [1.29, 1.82) is 15.8 Å². The van der Waals surface area contributed by atoms with Gasteiger partial charge in [0.2, 0.25) is 34.8 Å². The average molecular weight is 794 g/mol. The van der Waals surface area contributed by atoms with E-state index in [-0.39, 0.29) is 0 Å². The van der Waals surface area contributed by atoms with Crippen molar-refractivity contribution in [1.82, 2.24) is 0 Å². The number of allylic oxidation sites excluding steroid dienone is 2. The molecular formula is C34H4F14N6O2. The molecule has 5 rings (SSSR count). The molecule has 2 aliphatic rings. The minimum Gasteiger partial charge on any atom is -0.399 e. The quantitative estimate of drug-likeness (QED) is 0.115. The largest absolute Gasteiger partial charge is 0.573 e. The molecule has 0 spiro atoms. The molecule has 3 aromatic carbocycles. The van der Waals surface area contributed by atoms with Crippen LogP contribution in [0.2, 0.25) is 0 Å². The smallest absolute Gasteiger partial charge is 0.399 e. The van der Waals surface area contributed by atoms with Crippen LogP contribution in [0.25, 0.3) is 48.1 Å². The zero-order chi connectivity index (χ0) is 41.9. The van der Waals surface area contributed by atoms with Crippen molar-refractivity contribution in [2.45, 2.75) is 25.6 Å². The Hall–Kier alpha value is -7.56. The van der Waals surface area contributed by atoms with Crippen LogP contribution in [0.15, 0.2) is 22.5 Å². The maximum atomic E-state index is 16.0. The first kappa shape index (κ1) is 39.6. The summed E-state index contributed by atoms with van der Waals surface area (Å²) >= 11 is 0. The number of hydrogen-bond donors (Lipinski definition) is 0. The van der Waals surface area contributed by atoms with E-state index in [0.29, 0.717) is 0 Å². The number of halogens is 14. The molecule has 56 heavy (non-hydrogen) atoms. The molecule has 280 valence electrons. The highest BCUT2D eigenvalue weighted by Gasteiger charge is 2.44. The molecule has 0 saturated heterocycles. The minimum absolute atomic E-state index is 0.812. The Kier molecular flexibility index (Phi) is 9.69. The number of hydrogen-bond acceptors (Lipinski definition) is 5. The number of rotatable bonds is 4. The summed E-state index contributed by atoms with van der Waals surface area (Å²) in [6.07, 6.45) is -14.4. The molecule has 0 amide bonds. The molecule has 8 nitrogen and oxygen atoms in total. The SMILES string of the molecule is [C-]#[N+]C([N+]#[C-])=C1Cc2c(-c3c(F)c(F)c(OC(F)(F)F)c(F)c3F)c3c(c(-c4c(F)c(F)c(OC(F)(F)F)c(F)c4F)c2=C1[N+]#[C-])CC(=C(C#N)C#N)C=3C#N. The molecule has 0 atom stereocenters. The number of fused-ring (bicyclic) bond motifs is 2.